The van der Waals surface area contributed by atoms with E-state index in [-0.39, 0.29) is 0 Å². The Morgan fingerprint density at radius 2 is 2.50 bits per heavy atom. The smallest absolute Gasteiger partial charge is 0.0314 e. The van der Waals surface area contributed by atoms with E-state index in [0.717, 1.165) is 5.25 Å². The van der Waals surface area contributed by atoms with Gasteiger partial charge in [0.2, 0.25) is 0 Å². The molecular weight excluding hydrogens is 112 g/mol. The highest BCUT2D eigenvalue weighted by molar-refractivity contribution is 8.78. The molecule has 0 bridgehead atoms. The second-order valence-electron chi connectivity index (χ2n) is 1.23. The summed E-state index contributed by atoms with van der Waals surface area (Å²) < 4.78 is 0. The molecule has 0 aromatic heterocycles. The summed E-state index contributed by atoms with van der Waals surface area (Å²) >= 11 is 0. The Labute approximate surface area is 45.8 Å². The Bertz CT molecular complexity index is 67.9. The zero-order valence-corrected chi connectivity index (χ0v) is 5.18. The van der Waals surface area contributed by atoms with Gasteiger partial charge >= 0.3 is 0 Å². The van der Waals surface area contributed by atoms with Crippen LogP contribution in [0.5, 0.6) is 0 Å². The number of rotatable bonds is 0. The molecule has 1 aliphatic heterocycles. The summed E-state index contributed by atoms with van der Waals surface area (Å²) in [7, 11) is 3.72. The van der Waals surface area contributed by atoms with Gasteiger partial charge in [-0.05, 0) is 12.3 Å². The zero-order chi connectivity index (χ0) is 4.41. The predicted molar refractivity (Wildman–Crippen MR) is 33.8 cm³/mol. The molecule has 0 nitrogen and oxygen atoms in total. The average Bonchev–Trinajstić information content (AvgIpc) is 1.86. The summed E-state index contributed by atoms with van der Waals surface area (Å²) in [6.45, 7) is 2.20. The summed E-state index contributed by atoms with van der Waals surface area (Å²) in [5.41, 5.74) is 0. The van der Waals surface area contributed by atoms with Gasteiger partial charge in [0.15, 0.2) is 0 Å². The van der Waals surface area contributed by atoms with Crippen molar-refractivity contribution in [3.63, 3.8) is 0 Å². The van der Waals surface area contributed by atoms with Crippen molar-refractivity contribution in [3.8, 4) is 0 Å². The highest BCUT2D eigenvalue weighted by Crippen LogP contribution is 2.34. The van der Waals surface area contributed by atoms with Crippen LogP contribution >= 0.6 is 21.6 Å². The normalized spacial score (nSPS) is 31.8. The van der Waals surface area contributed by atoms with E-state index in [2.05, 4.69) is 18.4 Å². The monoisotopic (exact) mass is 118 g/mol. The second-order valence-corrected chi connectivity index (χ2v) is 3.78. The van der Waals surface area contributed by atoms with Crippen LogP contribution in [-0.4, -0.2) is 5.25 Å². The molecule has 0 aromatic rings. The van der Waals surface area contributed by atoms with Crippen molar-refractivity contribution >= 4 is 21.6 Å². The summed E-state index contributed by atoms with van der Waals surface area (Å²) in [5, 5.41) is 2.88. The standard InChI is InChI=1S/C4H6S2/c1-4-2-3-5-6-4/h2-4H,1H3/t4-/m0/s1. The van der Waals surface area contributed by atoms with Gasteiger partial charge in [0.05, 0.1) is 0 Å². The van der Waals surface area contributed by atoms with E-state index in [4.69, 9.17) is 0 Å². The van der Waals surface area contributed by atoms with E-state index in [1.165, 1.54) is 0 Å². The summed E-state index contributed by atoms with van der Waals surface area (Å²) in [6.07, 6.45) is 2.20. The van der Waals surface area contributed by atoms with Crippen LogP contribution in [0.25, 0.3) is 0 Å². The van der Waals surface area contributed by atoms with Gasteiger partial charge in [0.1, 0.15) is 0 Å². The highest BCUT2D eigenvalue weighted by atomic mass is 33.1. The van der Waals surface area contributed by atoms with Crippen molar-refractivity contribution in [2.24, 2.45) is 0 Å². The van der Waals surface area contributed by atoms with Crippen molar-refractivity contribution in [2.75, 3.05) is 0 Å². The summed E-state index contributed by atoms with van der Waals surface area (Å²) in [6, 6.07) is 0. The fraction of sp³-hybridized carbons (Fsp3) is 0.500. The Kier molecular flexibility index (Phi) is 1.48. The molecule has 0 radical (unpaired) electrons. The van der Waals surface area contributed by atoms with Crippen molar-refractivity contribution in [2.45, 2.75) is 12.2 Å². The molecule has 1 aliphatic rings. The minimum absolute atomic E-state index is 0.745. The maximum Gasteiger partial charge on any atom is 0.0314 e. The maximum absolute atomic E-state index is 2.20. The molecule has 0 fully saturated rings. The zero-order valence-electron chi connectivity index (χ0n) is 3.55. The lowest BCUT2D eigenvalue weighted by molar-refractivity contribution is 1.27. The molecule has 0 unspecified atom stereocenters. The maximum atomic E-state index is 2.20. The van der Waals surface area contributed by atoms with Crippen molar-refractivity contribution in [1.29, 1.82) is 0 Å². The van der Waals surface area contributed by atoms with E-state index < -0.39 is 0 Å². The fourth-order valence-corrected chi connectivity index (χ4v) is 2.18. The molecule has 0 aliphatic carbocycles. The fourth-order valence-electron chi connectivity index (χ4n) is 0.294. The molecular formula is C4H6S2. The third-order valence-corrected chi connectivity index (χ3v) is 3.03. The molecule has 1 heterocycles. The van der Waals surface area contributed by atoms with Gasteiger partial charge in [-0.15, -0.1) is 0 Å². The number of hydrogen-bond donors (Lipinski definition) is 0. The second kappa shape index (κ2) is 1.94. The Balaban J connectivity index is 2.38. The molecule has 34 valence electrons. The van der Waals surface area contributed by atoms with Crippen LogP contribution in [0.15, 0.2) is 11.5 Å². The van der Waals surface area contributed by atoms with Gasteiger partial charge in [-0.1, -0.05) is 27.7 Å². The Morgan fingerprint density at radius 3 is 2.67 bits per heavy atom. The quantitative estimate of drug-likeness (QED) is 0.447. The van der Waals surface area contributed by atoms with Gasteiger partial charge in [0, 0.05) is 5.25 Å². The van der Waals surface area contributed by atoms with E-state index in [0.29, 0.717) is 0 Å². The van der Waals surface area contributed by atoms with Gasteiger partial charge in [-0.3, -0.25) is 0 Å². The first kappa shape index (κ1) is 4.60. The van der Waals surface area contributed by atoms with Crippen LogP contribution in [0, 0.1) is 0 Å². The van der Waals surface area contributed by atoms with E-state index in [1.807, 2.05) is 21.6 Å². The van der Waals surface area contributed by atoms with Gasteiger partial charge in [-0.25, -0.2) is 0 Å². The molecule has 0 saturated carbocycles. The first-order valence-corrected chi connectivity index (χ1v) is 4.16. The molecule has 2 heteroatoms. The van der Waals surface area contributed by atoms with Gasteiger partial charge in [-0.2, -0.15) is 0 Å². The Morgan fingerprint density at radius 1 is 1.67 bits per heavy atom. The minimum atomic E-state index is 0.745. The van der Waals surface area contributed by atoms with Crippen molar-refractivity contribution in [1.82, 2.24) is 0 Å². The molecule has 0 spiro atoms. The lowest BCUT2D eigenvalue weighted by Crippen LogP contribution is -1.77. The molecule has 1 rings (SSSR count). The largest absolute Gasteiger partial charge is 0.0822 e. The third-order valence-electron chi connectivity index (χ3n) is 0.612. The van der Waals surface area contributed by atoms with Crippen LogP contribution in [0.2, 0.25) is 0 Å². The molecule has 0 saturated heterocycles. The van der Waals surface area contributed by atoms with Crippen molar-refractivity contribution < 1.29 is 0 Å². The van der Waals surface area contributed by atoms with Crippen LogP contribution in [-0.2, 0) is 0 Å². The third kappa shape index (κ3) is 0.949. The molecule has 0 amide bonds. The van der Waals surface area contributed by atoms with Crippen LogP contribution in [0.1, 0.15) is 6.92 Å². The van der Waals surface area contributed by atoms with Gasteiger partial charge < -0.3 is 0 Å². The molecule has 0 N–H and O–H groups in total. The predicted octanol–water partition coefficient (Wildman–Crippen LogP) is 2.28. The number of hydrogen-bond acceptors (Lipinski definition) is 2. The minimum Gasteiger partial charge on any atom is -0.0822 e. The molecule has 0 aromatic carbocycles. The van der Waals surface area contributed by atoms with Crippen LogP contribution in [0.3, 0.4) is 0 Å². The van der Waals surface area contributed by atoms with Crippen LogP contribution in [0.4, 0.5) is 0 Å². The summed E-state index contributed by atoms with van der Waals surface area (Å²) in [4.78, 5) is 0. The topological polar surface area (TPSA) is 0 Å². The van der Waals surface area contributed by atoms with Crippen molar-refractivity contribution in [3.05, 3.63) is 11.5 Å². The highest BCUT2D eigenvalue weighted by Gasteiger charge is 2.00. The summed E-state index contributed by atoms with van der Waals surface area (Å²) in [5.74, 6) is 0. The first-order valence-electron chi connectivity index (χ1n) is 1.88. The van der Waals surface area contributed by atoms with E-state index in [1.54, 1.807) is 0 Å². The first-order chi connectivity index (χ1) is 2.89. The van der Waals surface area contributed by atoms with E-state index >= 15 is 0 Å². The lowest BCUT2D eigenvalue weighted by Gasteiger charge is -1.88. The van der Waals surface area contributed by atoms with E-state index in [9.17, 15) is 0 Å². The lowest BCUT2D eigenvalue weighted by atomic mass is 10.5. The average molecular weight is 118 g/mol. The SMILES string of the molecule is C[C@H]1C=CSS1. The molecule has 1 atom stereocenters. The molecule has 6 heavy (non-hydrogen) atoms. The van der Waals surface area contributed by atoms with Gasteiger partial charge in [0.25, 0.3) is 0 Å². The van der Waals surface area contributed by atoms with Crippen LogP contribution < -0.4 is 0 Å². The Hall–Kier alpha value is 0.440.